The molecule has 1 aromatic carbocycles. The van der Waals surface area contributed by atoms with Crippen LogP contribution in [0.2, 0.25) is 0 Å². The third kappa shape index (κ3) is 1.90. The minimum Gasteiger partial charge on any atom is -0.480 e. The van der Waals surface area contributed by atoms with Crippen molar-refractivity contribution in [1.29, 1.82) is 5.26 Å². The average Bonchev–Trinajstić information content (AvgIpc) is 2.16. The van der Waals surface area contributed by atoms with Crippen LogP contribution in [0, 0.1) is 18.3 Å². The zero-order valence-electron chi connectivity index (χ0n) is 7.69. The summed E-state index contributed by atoms with van der Waals surface area (Å²) >= 11 is 0. The summed E-state index contributed by atoms with van der Waals surface area (Å²) in [5.74, 6) is -1.13. The Kier molecular flexibility index (Phi) is 2.85. The second-order valence-corrected chi connectivity index (χ2v) is 3.02. The molecule has 0 aliphatic heterocycles. The second kappa shape index (κ2) is 3.90. The van der Waals surface area contributed by atoms with E-state index in [1.54, 1.807) is 18.2 Å². The number of rotatable bonds is 2. The van der Waals surface area contributed by atoms with Crippen LogP contribution >= 0.6 is 0 Å². The number of carboxylic acids is 1. The third-order valence-corrected chi connectivity index (χ3v) is 1.93. The van der Waals surface area contributed by atoms with Gasteiger partial charge in [0.05, 0.1) is 11.6 Å². The van der Waals surface area contributed by atoms with Crippen molar-refractivity contribution in [3.63, 3.8) is 0 Å². The summed E-state index contributed by atoms with van der Waals surface area (Å²) in [4.78, 5) is 10.6. The molecule has 0 saturated carbocycles. The van der Waals surface area contributed by atoms with E-state index in [1.807, 2.05) is 13.0 Å². The summed E-state index contributed by atoms with van der Waals surface area (Å²) in [6.07, 6.45) is 0. The van der Waals surface area contributed by atoms with Crippen molar-refractivity contribution in [1.82, 2.24) is 0 Å². The van der Waals surface area contributed by atoms with Crippen molar-refractivity contribution in [2.24, 2.45) is 5.73 Å². The molecule has 1 rings (SSSR count). The highest BCUT2D eigenvalue weighted by molar-refractivity contribution is 5.76. The molecule has 1 aromatic rings. The van der Waals surface area contributed by atoms with Gasteiger partial charge in [0.25, 0.3) is 0 Å². The number of carboxylic acid groups (broad SMARTS) is 1. The minimum absolute atomic E-state index is 0.311. The predicted octanol–water partition coefficient (Wildman–Crippen LogP) is 0.951. The monoisotopic (exact) mass is 190 g/mol. The Labute approximate surface area is 81.6 Å². The lowest BCUT2D eigenvalue weighted by Crippen LogP contribution is -2.21. The van der Waals surface area contributed by atoms with E-state index >= 15 is 0 Å². The fourth-order valence-electron chi connectivity index (χ4n) is 1.17. The van der Waals surface area contributed by atoms with Crippen LogP contribution in [-0.4, -0.2) is 11.1 Å². The SMILES string of the molecule is Cc1ccc(C#N)c(C(N)C(=O)O)c1. The molecule has 0 aromatic heterocycles. The van der Waals surface area contributed by atoms with Gasteiger partial charge in [0.15, 0.2) is 0 Å². The summed E-state index contributed by atoms with van der Waals surface area (Å²) in [7, 11) is 0. The molecule has 0 saturated heterocycles. The lowest BCUT2D eigenvalue weighted by atomic mass is 9.99. The van der Waals surface area contributed by atoms with E-state index in [1.165, 1.54) is 0 Å². The van der Waals surface area contributed by atoms with Crippen molar-refractivity contribution in [2.45, 2.75) is 13.0 Å². The van der Waals surface area contributed by atoms with Crippen LogP contribution in [0.3, 0.4) is 0 Å². The normalized spacial score (nSPS) is 11.8. The van der Waals surface area contributed by atoms with Crippen LogP contribution in [-0.2, 0) is 4.79 Å². The van der Waals surface area contributed by atoms with Gasteiger partial charge in [-0.2, -0.15) is 5.26 Å². The predicted molar refractivity (Wildman–Crippen MR) is 50.5 cm³/mol. The zero-order valence-corrected chi connectivity index (χ0v) is 7.69. The summed E-state index contributed by atoms with van der Waals surface area (Å²) in [6.45, 7) is 1.82. The standard InChI is InChI=1S/C10H10N2O2/c1-6-2-3-7(5-11)8(4-6)9(12)10(13)14/h2-4,9H,12H2,1H3,(H,13,14). The molecular formula is C10H10N2O2. The molecule has 4 heteroatoms. The average molecular weight is 190 g/mol. The first kappa shape index (κ1) is 10.2. The highest BCUT2D eigenvalue weighted by Gasteiger charge is 2.17. The van der Waals surface area contributed by atoms with E-state index in [2.05, 4.69) is 0 Å². The molecule has 0 spiro atoms. The van der Waals surface area contributed by atoms with Crippen molar-refractivity contribution in [3.8, 4) is 6.07 Å². The fourth-order valence-corrected chi connectivity index (χ4v) is 1.17. The largest absolute Gasteiger partial charge is 0.480 e. The Hall–Kier alpha value is -1.86. The number of nitriles is 1. The van der Waals surface area contributed by atoms with Crippen LogP contribution in [0.5, 0.6) is 0 Å². The van der Waals surface area contributed by atoms with Gasteiger partial charge in [-0.3, -0.25) is 4.79 Å². The number of aliphatic carboxylic acids is 1. The number of nitrogens with zero attached hydrogens (tertiary/aromatic N) is 1. The quantitative estimate of drug-likeness (QED) is 0.726. The lowest BCUT2D eigenvalue weighted by Gasteiger charge is -2.09. The van der Waals surface area contributed by atoms with Crippen LogP contribution in [0.15, 0.2) is 18.2 Å². The molecule has 0 amide bonds. The fraction of sp³-hybridized carbons (Fsp3) is 0.200. The van der Waals surface area contributed by atoms with E-state index < -0.39 is 12.0 Å². The summed E-state index contributed by atoms with van der Waals surface area (Å²) < 4.78 is 0. The molecule has 14 heavy (non-hydrogen) atoms. The lowest BCUT2D eigenvalue weighted by molar-refractivity contribution is -0.138. The molecule has 0 aliphatic rings. The first-order valence-electron chi connectivity index (χ1n) is 4.05. The number of nitrogens with two attached hydrogens (primary N) is 1. The Bertz CT molecular complexity index is 407. The smallest absolute Gasteiger partial charge is 0.325 e. The van der Waals surface area contributed by atoms with Gasteiger partial charge in [0.2, 0.25) is 0 Å². The zero-order chi connectivity index (χ0) is 10.7. The van der Waals surface area contributed by atoms with Gasteiger partial charge in [-0.1, -0.05) is 17.7 Å². The molecule has 72 valence electrons. The number of aryl methyl sites for hydroxylation is 1. The number of hydrogen-bond acceptors (Lipinski definition) is 3. The number of carbonyl (C=O) groups is 1. The maximum absolute atomic E-state index is 10.6. The molecule has 3 N–H and O–H groups in total. The summed E-state index contributed by atoms with van der Waals surface area (Å²) in [5, 5.41) is 17.5. The van der Waals surface area contributed by atoms with E-state index in [4.69, 9.17) is 16.1 Å². The Morgan fingerprint density at radius 1 is 1.64 bits per heavy atom. The minimum atomic E-state index is -1.13. The van der Waals surface area contributed by atoms with E-state index in [-0.39, 0.29) is 0 Å². The van der Waals surface area contributed by atoms with Gasteiger partial charge in [-0.05, 0) is 18.6 Å². The van der Waals surface area contributed by atoms with Gasteiger partial charge in [-0.25, -0.2) is 0 Å². The molecule has 0 aliphatic carbocycles. The van der Waals surface area contributed by atoms with Gasteiger partial charge in [0, 0.05) is 0 Å². The molecule has 0 heterocycles. The van der Waals surface area contributed by atoms with E-state index in [9.17, 15) is 4.79 Å². The molecule has 1 unspecified atom stereocenters. The first-order valence-corrected chi connectivity index (χ1v) is 4.05. The van der Waals surface area contributed by atoms with Gasteiger partial charge in [0.1, 0.15) is 6.04 Å². The Balaban J connectivity index is 3.25. The highest BCUT2D eigenvalue weighted by atomic mass is 16.4. The number of hydrogen-bond donors (Lipinski definition) is 2. The molecule has 0 fully saturated rings. The van der Waals surface area contributed by atoms with Crippen LogP contribution in [0.4, 0.5) is 0 Å². The van der Waals surface area contributed by atoms with Gasteiger partial charge >= 0.3 is 5.97 Å². The third-order valence-electron chi connectivity index (χ3n) is 1.93. The van der Waals surface area contributed by atoms with E-state index in [0.29, 0.717) is 11.1 Å². The first-order chi connectivity index (χ1) is 6.56. The molecule has 0 bridgehead atoms. The molecular weight excluding hydrogens is 180 g/mol. The van der Waals surface area contributed by atoms with Crippen molar-refractivity contribution in [3.05, 3.63) is 34.9 Å². The maximum Gasteiger partial charge on any atom is 0.325 e. The van der Waals surface area contributed by atoms with Crippen molar-refractivity contribution < 1.29 is 9.90 Å². The molecule has 1 atom stereocenters. The number of benzene rings is 1. The Morgan fingerprint density at radius 3 is 2.79 bits per heavy atom. The van der Waals surface area contributed by atoms with Crippen LogP contribution in [0.1, 0.15) is 22.7 Å². The van der Waals surface area contributed by atoms with Crippen LogP contribution < -0.4 is 5.73 Å². The second-order valence-electron chi connectivity index (χ2n) is 3.02. The van der Waals surface area contributed by atoms with Crippen LogP contribution in [0.25, 0.3) is 0 Å². The van der Waals surface area contributed by atoms with E-state index in [0.717, 1.165) is 5.56 Å². The van der Waals surface area contributed by atoms with Crippen molar-refractivity contribution >= 4 is 5.97 Å². The molecule has 0 radical (unpaired) electrons. The highest BCUT2D eigenvalue weighted by Crippen LogP contribution is 2.17. The van der Waals surface area contributed by atoms with Gasteiger partial charge < -0.3 is 10.8 Å². The summed E-state index contributed by atoms with van der Waals surface area (Å²) in [5.41, 5.74) is 6.99. The Morgan fingerprint density at radius 2 is 2.29 bits per heavy atom. The van der Waals surface area contributed by atoms with Gasteiger partial charge in [-0.15, -0.1) is 0 Å². The van der Waals surface area contributed by atoms with Crippen molar-refractivity contribution in [2.75, 3.05) is 0 Å². The maximum atomic E-state index is 10.6. The summed E-state index contributed by atoms with van der Waals surface area (Å²) in [6, 6.07) is 5.73. The molecule has 4 nitrogen and oxygen atoms in total. The topological polar surface area (TPSA) is 87.1 Å².